The maximum absolute atomic E-state index is 3.33. The van der Waals surface area contributed by atoms with Crippen LogP contribution in [0.1, 0.15) is 68.9 Å². The molecule has 0 spiro atoms. The minimum atomic E-state index is 0.630. The first kappa shape index (κ1) is 14.6. The van der Waals surface area contributed by atoms with Gasteiger partial charge in [-0.2, -0.15) is 0 Å². The van der Waals surface area contributed by atoms with E-state index in [-0.39, 0.29) is 0 Å². The van der Waals surface area contributed by atoms with Gasteiger partial charge in [0.15, 0.2) is 0 Å². The van der Waals surface area contributed by atoms with Gasteiger partial charge >= 0.3 is 0 Å². The molecule has 1 atom stereocenters. The van der Waals surface area contributed by atoms with Crippen LogP contribution in [-0.4, -0.2) is 13.6 Å². The van der Waals surface area contributed by atoms with Crippen LogP contribution >= 0.6 is 0 Å². The topological polar surface area (TPSA) is 12.0 Å². The second-order valence-corrected chi connectivity index (χ2v) is 6.41. The Morgan fingerprint density at radius 3 is 2.21 bits per heavy atom. The molecule has 0 radical (unpaired) electrons. The van der Waals surface area contributed by atoms with Crippen molar-refractivity contribution in [3.63, 3.8) is 0 Å². The van der Waals surface area contributed by atoms with Crippen molar-refractivity contribution in [2.45, 2.75) is 57.8 Å². The Balaban J connectivity index is 2.07. The molecule has 1 aromatic carbocycles. The molecule has 1 fully saturated rings. The molecule has 0 heterocycles. The van der Waals surface area contributed by atoms with Gasteiger partial charge in [-0.15, -0.1) is 0 Å². The van der Waals surface area contributed by atoms with E-state index in [9.17, 15) is 0 Å². The molecule has 1 nitrogen and oxygen atoms in total. The van der Waals surface area contributed by atoms with Gasteiger partial charge in [0, 0.05) is 6.54 Å². The van der Waals surface area contributed by atoms with E-state index in [2.05, 4.69) is 43.4 Å². The number of benzene rings is 1. The molecular formula is C18H29N. The van der Waals surface area contributed by atoms with Crippen LogP contribution in [0.4, 0.5) is 0 Å². The molecule has 0 aliphatic heterocycles. The number of hydrogen-bond donors (Lipinski definition) is 1. The molecule has 19 heavy (non-hydrogen) atoms. The lowest BCUT2D eigenvalue weighted by Crippen LogP contribution is -2.21. The van der Waals surface area contributed by atoms with Crippen LogP contribution in [0.5, 0.6) is 0 Å². The van der Waals surface area contributed by atoms with Crippen LogP contribution in [0.3, 0.4) is 0 Å². The van der Waals surface area contributed by atoms with E-state index in [1.807, 2.05) is 7.05 Å². The zero-order chi connectivity index (χ0) is 13.7. The number of hydrogen-bond acceptors (Lipinski definition) is 1. The molecule has 2 rings (SSSR count). The van der Waals surface area contributed by atoms with Crippen molar-refractivity contribution in [2.24, 2.45) is 5.92 Å². The Bertz CT molecular complexity index is 360. The zero-order valence-electron chi connectivity index (χ0n) is 12.8. The maximum Gasteiger partial charge on any atom is 0.00196 e. The second-order valence-electron chi connectivity index (χ2n) is 6.41. The summed E-state index contributed by atoms with van der Waals surface area (Å²) in [4.78, 5) is 0. The standard InChI is InChI=1S/C18H29N/c1-14(2)18(13-19-3)17-11-9-16(10-12-17)15-7-5-4-6-8-15/h9-12,14-15,18-19H,4-8,13H2,1-3H3. The normalized spacial score (nSPS) is 18.7. The summed E-state index contributed by atoms with van der Waals surface area (Å²) < 4.78 is 0. The molecule has 0 saturated heterocycles. The van der Waals surface area contributed by atoms with Gasteiger partial charge in [-0.25, -0.2) is 0 Å². The molecule has 1 N–H and O–H groups in total. The van der Waals surface area contributed by atoms with Crippen LogP contribution in [-0.2, 0) is 0 Å². The highest BCUT2D eigenvalue weighted by atomic mass is 14.8. The third-order valence-electron chi connectivity index (χ3n) is 4.67. The first-order valence-corrected chi connectivity index (χ1v) is 7.97. The Hall–Kier alpha value is -0.820. The summed E-state index contributed by atoms with van der Waals surface area (Å²) in [6, 6.07) is 9.50. The fraction of sp³-hybridized carbons (Fsp3) is 0.667. The highest BCUT2D eigenvalue weighted by molar-refractivity contribution is 5.28. The highest BCUT2D eigenvalue weighted by Crippen LogP contribution is 2.33. The van der Waals surface area contributed by atoms with Crippen LogP contribution in [0.2, 0.25) is 0 Å². The van der Waals surface area contributed by atoms with Gasteiger partial charge in [0.1, 0.15) is 0 Å². The van der Waals surface area contributed by atoms with Gasteiger partial charge in [-0.3, -0.25) is 0 Å². The smallest absolute Gasteiger partial charge is 0.00196 e. The molecule has 1 aromatic rings. The van der Waals surface area contributed by atoms with Gasteiger partial charge < -0.3 is 5.32 Å². The highest BCUT2D eigenvalue weighted by Gasteiger charge is 2.18. The molecular weight excluding hydrogens is 230 g/mol. The third kappa shape index (κ3) is 3.82. The summed E-state index contributed by atoms with van der Waals surface area (Å²) in [5.74, 6) is 2.14. The molecule has 0 amide bonds. The number of likely N-dealkylation sites (N-methyl/N-ethyl adjacent to an activating group) is 1. The molecule has 1 saturated carbocycles. The molecule has 1 aliphatic carbocycles. The van der Waals surface area contributed by atoms with Gasteiger partial charge in [0.25, 0.3) is 0 Å². The molecule has 0 bridgehead atoms. The summed E-state index contributed by atoms with van der Waals surface area (Å²) in [5.41, 5.74) is 3.05. The second kappa shape index (κ2) is 7.09. The molecule has 1 heteroatoms. The first-order valence-electron chi connectivity index (χ1n) is 7.97. The third-order valence-corrected chi connectivity index (χ3v) is 4.67. The van der Waals surface area contributed by atoms with Crippen molar-refractivity contribution in [3.8, 4) is 0 Å². The summed E-state index contributed by atoms with van der Waals surface area (Å²) in [6.45, 7) is 5.70. The Kier molecular flexibility index (Phi) is 5.45. The van der Waals surface area contributed by atoms with Crippen molar-refractivity contribution in [1.29, 1.82) is 0 Å². The fourth-order valence-corrected chi connectivity index (χ4v) is 3.41. The molecule has 1 unspecified atom stereocenters. The Morgan fingerprint density at radius 2 is 1.68 bits per heavy atom. The summed E-state index contributed by atoms with van der Waals surface area (Å²) in [7, 11) is 2.05. The minimum absolute atomic E-state index is 0.630. The average Bonchev–Trinajstić information content (AvgIpc) is 2.46. The predicted octanol–water partition coefficient (Wildman–Crippen LogP) is 4.69. The first-order chi connectivity index (χ1) is 9.22. The molecule has 1 aliphatic rings. The van der Waals surface area contributed by atoms with Crippen LogP contribution in [0.25, 0.3) is 0 Å². The average molecular weight is 259 g/mol. The zero-order valence-corrected chi connectivity index (χ0v) is 12.8. The predicted molar refractivity (Wildman–Crippen MR) is 83.8 cm³/mol. The van der Waals surface area contributed by atoms with Gasteiger partial charge in [0.05, 0.1) is 0 Å². The van der Waals surface area contributed by atoms with E-state index in [1.54, 1.807) is 5.56 Å². The van der Waals surface area contributed by atoms with E-state index in [1.165, 1.54) is 37.7 Å². The quantitative estimate of drug-likeness (QED) is 0.808. The van der Waals surface area contributed by atoms with Crippen LogP contribution in [0, 0.1) is 5.92 Å². The number of rotatable bonds is 5. The van der Waals surface area contributed by atoms with E-state index >= 15 is 0 Å². The van der Waals surface area contributed by atoms with E-state index in [0.29, 0.717) is 11.8 Å². The monoisotopic (exact) mass is 259 g/mol. The van der Waals surface area contributed by atoms with Crippen molar-refractivity contribution in [3.05, 3.63) is 35.4 Å². The van der Waals surface area contributed by atoms with Gasteiger partial charge in [0.2, 0.25) is 0 Å². The van der Waals surface area contributed by atoms with Crippen molar-refractivity contribution >= 4 is 0 Å². The van der Waals surface area contributed by atoms with Crippen molar-refractivity contribution in [2.75, 3.05) is 13.6 Å². The van der Waals surface area contributed by atoms with E-state index in [0.717, 1.165) is 12.5 Å². The van der Waals surface area contributed by atoms with Crippen molar-refractivity contribution in [1.82, 2.24) is 5.32 Å². The van der Waals surface area contributed by atoms with Crippen LogP contribution < -0.4 is 5.32 Å². The lowest BCUT2D eigenvalue weighted by Gasteiger charge is -2.24. The Labute approximate surface area is 118 Å². The van der Waals surface area contributed by atoms with Crippen molar-refractivity contribution < 1.29 is 0 Å². The summed E-state index contributed by atoms with van der Waals surface area (Å²) >= 11 is 0. The summed E-state index contributed by atoms with van der Waals surface area (Å²) in [6.07, 6.45) is 7.06. The molecule has 106 valence electrons. The molecule has 0 aromatic heterocycles. The largest absolute Gasteiger partial charge is 0.319 e. The van der Waals surface area contributed by atoms with Crippen LogP contribution in [0.15, 0.2) is 24.3 Å². The van der Waals surface area contributed by atoms with Gasteiger partial charge in [-0.05, 0) is 48.8 Å². The fourth-order valence-electron chi connectivity index (χ4n) is 3.41. The van der Waals surface area contributed by atoms with E-state index < -0.39 is 0 Å². The minimum Gasteiger partial charge on any atom is -0.319 e. The lowest BCUT2D eigenvalue weighted by molar-refractivity contribution is 0.443. The Morgan fingerprint density at radius 1 is 1.05 bits per heavy atom. The maximum atomic E-state index is 3.33. The van der Waals surface area contributed by atoms with E-state index in [4.69, 9.17) is 0 Å². The number of nitrogens with one attached hydrogen (secondary N) is 1. The SMILES string of the molecule is CNCC(c1ccc(C2CCCCC2)cc1)C(C)C. The summed E-state index contributed by atoms with van der Waals surface area (Å²) in [5, 5.41) is 3.33. The lowest BCUT2D eigenvalue weighted by atomic mass is 9.82. The van der Waals surface area contributed by atoms with Gasteiger partial charge in [-0.1, -0.05) is 57.4 Å².